The average Bonchev–Trinajstić information content (AvgIpc) is 2.68. The lowest BCUT2D eigenvalue weighted by Gasteiger charge is -2.34. The molecule has 1 heterocycles. The Morgan fingerprint density at radius 3 is 2.30 bits per heavy atom. The minimum Gasteiger partial charge on any atom is -0.495 e. The lowest BCUT2D eigenvalue weighted by atomic mass is 10.2. The van der Waals surface area contributed by atoms with Crippen LogP contribution in [0.5, 0.6) is 5.75 Å². The number of hydrogen-bond acceptors (Lipinski definition) is 5. The molecule has 27 heavy (non-hydrogen) atoms. The molecule has 1 saturated heterocycles. The number of hydrogen-bond donors (Lipinski definition) is 0. The van der Waals surface area contributed by atoms with Crippen molar-refractivity contribution in [1.29, 1.82) is 0 Å². The fourth-order valence-corrected chi connectivity index (χ4v) is 3.02. The van der Waals surface area contributed by atoms with Crippen LogP contribution in [0.3, 0.4) is 0 Å². The summed E-state index contributed by atoms with van der Waals surface area (Å²) >= 11 is 0. The normalized spacial score (nSPS) is 13.9. The van der Waals surface area contributed by atoms with E-state index in [2.05, 4.69) is 0 Å². The molecular formula is C19H27N3O5. The molecule has 0 bridgehead atoms. The van der Waals surface area contributed by atoms with E-state index < -0.39 is 0 Å². The number of benzene rings is 1. The van der Waals surface area contributed by atoms with Gasteiger partial charge in [-0.3, -0.25) is 9.59 Å². The second-order valence-corrected chi connectivity index (χ2v) is 6.16. The molecule has 0 radical (unpaired) electrons. The van der Waals surface area contributed by atoms with Crippen molar-refractivity contribution in [3.63, 3.8) is 0 Å². The van der Waals surface area contributed by atoms with Crippen LogP contribution in [-0.2, 0) is 14.3 Å². The first-order valence-electron chi connectivity index (χ1n) is 9.08. The highest BCUT2D eigenvalue weighted by atomic mass is 16.6. The Labute approximate surface area is 159 Å². The average molecular weight is 377 g/mol. The number of nitrogens with zero attached hydrogens (tertiary/aromatic N) is 3. The van der Waals surface area contributed by atoms with Crippen molar-refractivity contribution in [3.8, 4) is 5.75 Å². The van der Waals surface area contributed by atoms with Crippen molar-refractivity contribution in [1.82, 2.24) is 9.80 Å². The van der Waals surface area contributed by atoms with Crippen LogP contribution >= 0.6 is 0 Å². The van der Waals surface area contributed by atoms with Crippen molar-refractivity contribution in [2.45, 2.75) is 20.3 Å². The lowest BCUT2D eigenvalue weighted by Crippen LogP contribution is -2.51. The Kier molecular flexibility index (Phi) is 7.45. The molecule has 3 amide bonds. The van der Waals surface area contributed by atoms with Crippen LogP contribution in [0.2, 0.25) is 0 Å². The molecule has 2 rings (SSSR count). The Balaban J connectivity index is 1.92. The van der Waals surface area contributed by atoms with Crippen molar-refractivity contribution in [2.75, 3.05) is 51.3 Å². The van der Waals surface area contributed by atoms with Crippen LogP contribution in [0, 0.1) is 0 Å². The fourth-order valence-electron chi connectivity index (χ4n) is 3.02. The first kappa shape index (κ1) is 20.5. The molecule has 1 aliphatic heterocycles. The maximum absolute atomic E-state index is 12.5. The summed E-state index contributed by atoms with van der Waals surface area (Å²) in [6, 6.07) is 7.23. The van der Waals surface area contributed by atoms with Gasteiger partial charge >= 0.3 is 6.09 Å². The third-order valence-corrected chi connectivity index (χ3v) is 4.46. The van der Waals surface area contributed by atoms with Gasteiger partial charge in [-0.25, -0.2) is 4.79 Å². The number of piperazine rings is 1. The van der Waals surface area contributed by atoms with Crippen molar-refractivity contribution < 1.29 is 23.9 Å². The highest BCUT2D eigenvalue weighted by molar-refractivity contribution is 5.93. The number of ether oxygens (including phenoxy) is 2. The van der Waals surface area contributed by atoms with Gasteiger partial charge in [0.25, 0.3) is 0 Å². The highest BCUT2D eigenvalue weighted by Crippen LogP contribution is 2.28. The van der Waals surface area contributed by atoms with Crippen molar-refractivity contribution >= 4 is 23.6 Å². The minimum absolute atomic E-state index is 0.0420. The van der Waals surface area contributed by atoms with Gasteiger partial charge in [0.05, 0.1) is 19.4 Å². The van der Waals surface area contributed by atoms with E-state index in [0.29, 0.717) is 44.2 Å². The smallest absolute Gasteiger partial charge is 0.409 e. The molecule has 0 N–H and O–H groups in total. The van der Waals surface area contributed by atoms with E-state index in [0.717, 1.165) is 0 Å². The first-order valence-corrected chi connectivity index (χ1v) is 9.08. The molecular weight excluding hydrogens is 350 g/mol. The molecule has 0 aromatic heterocycles. The van der Waals surface area contributed by atoms with Crippen LogP contribution in [-0.4, -0.2) is 74.1 Å². The number of anilines is 1. The van der Waals surface area contributed by atoms with Gasteiger partial charge < -0.3 is 24.2 Å². The largest absolute Gasteiger partial charge is 0.495 e. The summed E-state index contributed by atoms with van der Waals surface area (Å²) in [6.45, 7) is 5.67. The Morgan fingerprint density at radius 1 is 1.07 bits per heavy atom. The zero-order chi connectivity index (χ0) is 19.8. The van der Waals surface area contributed by atoms with Crippen LogP contribution < -0.4 is 9.64 Å². The van der Waals surface area contributed by atoms with Gasteiger partial charge in [0.1, 0.15) is 5.75 Å². The molecule has 0 unspecified atom stereocenters. The molecule has 1 aromatic carbocycles. The van der Waals surface area contributed by atoms with Crippen molar-refractivity contribution in [2.24, 2.45) is 0 Å². The first-order chi connectivity index (χ1) is 13.0. The van der Waals surface area contributed by atoms with Gasteiger partial charge in [-0.05, 0) is 19.1 Å². The molecule has 8 nitrogen and oxygen atoms in total. The van der Waals surface area contributed by atoms with Crippen LogP contribution in [0.4, 0.5) is 10.5 Å². The SMILES string of the molecule is CCOC(=O)N1CCN(C(=O)CCN(C(C)=O)c2ccccc2OC)CC1. The summed E-state index contributed by atoms with van der Waals surface area (Å²) in [4.78, 5) is 41.2. The molecule has 8 heteroatoms. The number of carbonyl (C=O) groups excluding carboxylic acids is 3. The summed E-state index contributed by atoms with van der Waals surface area (Å²) in [5.41, 5.74) is 0.646. The summed E-state index contributed by atoms with van der Waals surface area (Å²) in [6.07, 6.45) is -0.139. The fraction of sp³-hybridized carbons (Fsp3) is 0.526. The quantitative estimate of drug-likeness (QED) is 0.754. The van der Waals surface area contributed by atoms with Gasteiger partial charge in [-0.1, -0.05) is 12.1 Å². The van der Waals surface area contributed by atoms with Gasteiger partial charge in [0, 0.05) is 46.1 Å². The van der Waals surface area contributed by atoms with E-state index in [-0.39, 0.29) is 30.9 Å². The van der Waals surface area contributed by atoms with E-state index in [9.17, 15) is 14.4 Å². The Hall–Kier alpha value is -2.77. The number of amides is 3. The molecule has 0 saturated carbocycles. The van der Waals surface area contributed by atoms with E-state index >= 15 is 0 Å². The molecule has 1 aliphatic rings. The zero-order valence-electron chi connectivity index (χ0n) is 16.1. The van der Waals surface area contributed by atoms with Gasteiger partial charge in [-0.2, -0.15) is 0 Å². The van der Waals surface area contributed by atoms with E-state index in [4.69, 9.17) is 9.47 Å². The lowest BCUT2D eigenvalue weighted by molar-refractivity contribution is -0.132. The Bertz CT molecular complexity index is 671. The molecule has 1 fully saturated rings. The molecule has 148 valence electrons. The highest BCUT2D eigenvalue weighted by Gasteiger charge is 2.25. The predicted molar refractivity (Wildman–Crippen MR) is 101 cm³/mol. The van der Waals surface area contributed by atoms with Crippen LogP contribution in [0.25, 0.3) is 0 Å². The second-order valence-electron chi connectivity index (χ2n) is 6.16. The van der Waals surface area contributed by atoms with Gasteiger partial charge in [0.2, 0.25) is 11.8 Å². The van der Waals surface area contributed by atoms with E-state index in [1.165, 1.54) is 6.92 Å². The standard InChI is InChI=1S/C19H27N3O5/c1-4-27-19(25)21-13-11-20(12-14-21)18(24)9-10-22(15(2)23)16-7-5-6-8-17(16)26-3/h5-8H,4,9-14H2,1-3H3. The van der Waals surface area contributed by atoms with Crippen molar-refractivity contribution in [3.05, 3.63) is 24.3 Å². The zero-order valence-corrected chi connectivity index (χ0v) is 16.1. The maximum Gasteiger partial charge on any atom is 0.409 e. The monoisotopic (exact) mass is 377 g/mol. The molecule has 1 aromatic rings. The number of carbonyl (C=O) groups is 3. The number of rotatable bonds is 6. The third kappa shape index (κ3) is 5.35. The van der Waals surface area contributed by atoms with E-state index in [1.807, 2.05) is 12.1 Å². The Morgan fingerprint density at radius 2 is 1.70 bits per heavy atom. The third-order valence-electron chi connectivity index (χ3n) is 4.46. The maximum atomic E-state index is 12.5. The van der Waals surface area contributed by atoms with Crippen LogP contribution in [0.1, 0.15) is 20.3 Å². The summed E-state index contributed by atoms with van der Waals surface area (Å²) in [5, 5.41) is 0. The number of methoxy groups -OCH3 is 1. The molecule has 0 atom stereocenters. The second kappa shape index (κ2) is 9.80. The van der Waals surface area contributed by atoms with Crippen LogP contribution in [0.15, 0.2) is 24.3 Å². The van der Waals surface area contributed by atoms with Gasteiger partial charge in [-0.15, -0.1) is 0 Å². The summed E-state index contributed by atoms with van der Waals surface area (Å²) in [5.74, 6) is 0.391. The topological polar surface area (TPSA) is 79.4 Å². The summed E-state index contributed by atoms with van der Waals surface area (Å²) < 4.78 is 10.3. The number of para-hydroxylation sites is 2. The van der Waals surface area contributed by atoms with Gasteiger partial charge in [0.15, 0.2) is 0 Å². The molecule has 0 spiro atoms. The molecule has 0 aliphatic carbocycles. The van der Waals surface area contributed by atoms with E-state index in [1.54, 1.807) is 40.9 Å². The predicted octanol–water partition coefficient (Wildman–Crippen LogP) is 1.74. The summed E-state index contributed by atoms with van der Waals surface area (Å²) in [7, 11) is 1.55. The minimum atomic E-state index is -0.344.